The zero-order valence-corrected chi connectivity index (χ0v) is 14.1. The molecule has 0 aliphatic rings. The van der Waals surface area contributed by atoms with E-state index in [0.29, 0.717) is 0 Å². The van der Waals surface area contributed by atoms with Gasteiger partial charge in [0, 0.05) is 6.21 Å². The van der Waals surface area contributed by atoms with Gasteiger partial charge in [-0.25, -0.2) is 0 Å². The van der Waals surface area contributed by atoms with Crippen LogP contribution >= 0.6 is 12.2 Å². The van der Waals surface area contributed by atoms with Gasteiger partial charge in [0.1, 0.15) is 0 Å². The fourth-order valence-electron chi connectivity index (χ4n) is 2.00. The molecule has 0 fully saturated rings. The topological polar surface area (TPSA) is 62.8 Å². The minimum absolute atomic E-state index is 0.159. The third kappa shape index (κ3) is 9.23. The van der Waals surface area contributed by atoms with E-state index in [-0.39, 0.29) is 5.11 Å². The molecule has 0 heterocycles. The number of unbranched alkanes of at least 4 members (excludes halogenated alkanes) is 6. The molecule has 22 heavy (non-hydrogen) atoms. The van der Waals surface area contributed by atoms with Crippen LogP contribution in [0.3, 0.4) is 0 Å². The molecule has 0 aliphatic carbocycles. The highest BCUT2D eigenvalue weighted by Crippen LogP contribution is 2.12. The van der Waals surface area contributed by atoms with Crippen molar-refractivity contribution < 1.29 is 0 Å². The molecule has 1 aromatic carbocycles. The van der Waals surface area contributed by atoms with Crippen molar-refractivity contribution in [2.75, 3.05) is 0 Å². The molecule has 0 saturated carbocycles. The van der Waals surface area contributed by atoms with Crippen molar-refractivity contribution in [3.8, 4) is 0 Å². The fraction of sp³-hybridized carbons (Fsp3) is 0.471. The van der Waals surface area contributed by atoms with Crippen LogP contribution in [-0.2, 0) is 0 Å². The summed E-state index contributed by atoms with van der Waals surface area (Å²) in [6, 6.07) is 7.87. The first-order valence-corrected chi connectivity index (χ1v) is 8.34. The summed E-state index contributed by atoms with van der Waals surface area (Å²) in [6.07, 6.45) is 12.6. The first kappa shape index (κ1) is 18.3. The maximum absolute atomic E-state index is 5.28. The van der Waals surface area contributed by atoms with E-state index in [1.165, 1.54) is 38.5 Å². The molecule has 0 amide bonds. The van der Waals surface area contributed by atoms with Crippen molar-refractivity contribution in [3.63, 3.8) is 0 Å². The standard InChI is InChI=1S/C17H26N4S/c1-2-3-4-5-6-7-8-13-19-16-11-9-15(10-12-16)14-20-21-17(18)22/h9-14H,2-8H2,1H3,(H3,18,21,22)/b19-13?,20-14-. The zero-order valence-electron chi connectivity index (χ0n) is 13.3. The molecule has 0 aromatic heterocycles. The Bertz CT molecular complexity index is 480. The number of rotatable bonds is 10. The van der Waals surface area contributed by atoms with E-state index in [9.17, 15) is 0 Å². The number of hydrogen-bond acceptors (Lipinski definition) is 3. The number of nitrogens with zero attached hydrogens (tertiary/aromatic N) is 2. The maximum atomic E-state index is 5.28. The summed E-state index contributed by atoms with van der Waals surface area (Å²) >= 11 is 4.66. The van der Waals surface area contributed by atoms with Crippen LogP contribution in [0.4, 0.5) is 5.69 Å². The molecule has 5 heteroatoms. The Morgan fingerprint density at radius 1 is 1.14 bits per heavy atom. The lowest BCUT2D eigenvalue weighted by atomic mass is 10.1. The molecule has 0 bridgehead atoms. The lowest BCUT2D eigenvalue weighted by Gasteiger charge is -1.98. The maximum Gasteiger partial charge on any atom is 0.184 e. The predicted molar refractivity (Wildman–Crippen MR) is 100 cm³/mol. The molecule has 120 valence electrons. The average molecular weight is 318 g/mol. The summed E-state index contributed by atoms with van der Waals surface area (Å²) in [5, 5.41) is 4.07. The van der Waals surface area contributed by atoms with Crippen LogP contribution < -0.4 is 11.2 Å². The van der Waals surface area contributed by atoms with Crippen molar-refractivity contribution in [1.29, 1.82) is 0 Å². The minimum Gasteiger partial charge on any atom is -0.375 e. The van der Waals surface area contributed by atoms with E-state index in [4.69, 9.17) is 5.73 Å². The highest BCUT2D eigenvalue weighted by molar-refractivity contribution is 7.80. The van der Waals surface area contributed by atoms with Crippen molar-refractivity contribution in [2.24, 2.45) is 15.8 Å². The number of benzene rings is 1. The van der Waals surface area contributed by atoms with E-state index in [1.807, 2.05) is 30.5 Å². The van der Waals surface area contributed by atoms with Gasteiger partial charge in [0.25, 0.3) is 0 Å². The molecular formula is C17H26N4S. The first-order valence-electron chi connectivity index (χ1n) is 7.93. The van der Waals surface area contributed by atoms with Gasteiger partial charge >= 0.3 is 0 Å². The summed E-state index contributed by atoms with van der Waals surface area (Å²) in [4.78, 5) is 4.46. The van der Waals surface area contributed by atoms with Gasteiger partial charge in [0.05, 0.1) is 11.9 Å². The van der Waals surface area contributed by atoms with Gasteiger partial charge in [0.15, 0.2) is 5.11 Å². The van der Waals surface area contributed by atoms with Gasteiger partial charge in [-0.1, -0.05) is 51.2 Å². The number of nitrogens with two attached hydrogens (primary N) is 1. The van der Waals surface area contributed by atoms with E-state index >= 15 is 0 Å². The van der Waals surface area contributed by atoms with Gasteiger partial charge in [0.2, 0.25) is 0 Å². The van der Waals surface area contributed by atoms with Gasteiger partial charge < -0.3 is 5.73 Å². The third-order valence-electron chi connectivity index (χ3n) is 3.21. The van der Waals surface area contributed by atoms with Crippen molar-refractivity contribution in [1.82, 2.24) is 5.43 Å². The highest BCUT2D eigenvalue weighted by atomic mass is 32.1. The van der Waals surface area contributed by atoms with Gasteiger partial charge in [-0.15, -0.1) is 0 Å². The summed E-state index contributed by atoms with van der Waals surface area (Å²) < 4.78 is 0. The largest absolute Gasteiger partial charge is 0.375 e. The number of thiocarbonyl (C=S) groups is 1. The third-order valence-corrected chi connectivity index (χ3v) is 3.30. The number of aliphatic imine (C=N–C) groups is 1. The number of hydrogen-bond donors (Lipinski definition) is 2. The highest BCUT2D eigenvalue weighted by Gasteiger charge is 1.91. The summed E-state index contributed by atoms with van der Waals surface area (Å²) in [5.41, 5.74) is 9.74. The van der Waals surface area contributed by atoms with Crippen LogP contribution in [-0.4, -0.2) is 17.5 Å². The van der Waals surface area contributed by atoms with Crippen molar-refractivity contribution in [3.05, 3.63) is 29.8 Å². The molecular weight excluding hydrogens is 292 g/mol. The zero-order chi connectivity index (χ0) is 16.0. The molecule has 0 unspecified atom stereocenters. The van der Waals surface area contributed by atoms with Crippen LogP contribution in [0.5, 0.6) is 0 Å². The lowest BCUT2D eigenvalue weighted by Crippen LogP contribution is -2.23. The first-order chi connectivity index (χ1) is 10.7. The Balaban J connectivity index is 2.24. The van der Waals surface area contributed by atoms with Crippen LogP contribution in [0.25, 0.3) is 0 Å². The van der Waals surface area contributed by atoms with E-state index < -0.39 is 0 Å². The van der Waals surface area contributed by atoms with E-state index in [0.717, 1.165) is 17.7 Å². The SMILES string of the molecule is CCCCCCCCC=Nc1ccc(/C=N\NC(N)=S)cc1. The van der Waals surface area contributed by atoms with Gasteiger partial charge in [-0.05, 0) is 42.8 Å². The second-order valence-corrected chi connectivity index (χ2v) is 5.63. The molecule has 0 atom stereocenters. The Morgan fingerprint density at radius 2 is 1.82 bits per heavy atom. The summed E-state index contributed by atoms with van der Waals surface area (Å²) in [6.45, 7) is 2.24. The smallest absolute Gasteiger partial charge is 0.184 e. The Morgan fingerprint density at radius 3 is 2.50 bits per heavy atom. The fourth-order valence-corrected chi connectivity index (χ4v) is 2.06. The average Bonchev–Trinajstić information content (AvgIpc) is 2.51. The molecule has 0 saturated heterocycles. The second kappa shape index (κ2) is 11.9. The molecule has 0 aliphatic heterocycles. The quantitative estimate of drug-likeness (QED) is 0.292. The Labute approximate surface area is 138 Å². The van der Waals surface area contributed by atoms with Crippen LogP contribution in [0.1, 0.15) is 57.4 Å². The van der Waals surface area contributed by atoms with Crippen molar-refractivity contribution >= 4 is 35.4 Å². The molecule has 1 rings (SSSR count). The van der Waals surface area contributed by atoms with Gasteiger partial charge in [-0.3, -0.25) is 10.4 Å². The number of hydrazone groups is 1. The van der Waals surface area contributed by atoms with Crippen LogP contribution in [0.2, 0.25) is 0 Å². The van der Waals surface area contributed by atoms with E-state index in [2.05, 4.69) is 34.7 Å². The minimum atomic E-state index is 0.159. The Hall–Kier alpha value is -1.75. The monoisotopic (exact) mass is 318 g/mol. The van der Waals surface area contributed by atoms with Gasteiger partial charge in [-0.2, -0.15) is 5.10 Å². The van der Waals surface area contributed by atoms with E-state index in [1.54, 1.807) is 6.21 Å². The molecule has 1 aromatic rings. The summed E-state index contributed by atoms with van der Waals surface area (Å²) in [5.74, 6) is 0. The van der Waals surface area contributed by atoms with Crippen LogP contribution in [0, 0.1) is 0 Å². The molecule has 4 nitrogen and oxygen atoms in total. The number of nitrogens with one attached hydrogen (secondary N) is 1. The molecule has 0 radical (unpaired) electrons. The van der Waals surface area contributed by atoms with Crippen LogP contribution in [0.15, 0.2) is 34.4 Å². The lowest BCUT2D eigenvalue weighted by molar-refractivity contribution is 0.617. The molecule has 3 N–H and O–H groups in total. The second-order valence-electron chi connectivity index (χ2n) is 5.19. The summed E-state index contributed by atoms with van der Waals surface area (Å²) in [7, 11) is 0. The molecule has 0 spiro atoms. The van der Waals surface area contributed by atoms with Crippen molar-refractivity contribution in [2.45, 2.75) is 51.9 Å². The Kier molecular flexibility index (Phi) is 9.87. The normalized spacial score (nSPS) is 11.3. The predicted octanol–water partition coefficient (Wildman–Crippen LogP) is 4.31.